The molecule has 0 radical (unpaired) electrons. The number of amides is 4. The van der Waals surface area contributed by atoms with Crippen molar-refractivity contribution < 1.29 is 9.59 Å². The monoisotopic (exact) mass is 364 g/mol. The van der Waals surface area contributed by atoms with Gasteiger partial charge in [-0.05, 0) is 36.1 Å². The third-order valence-corrected chi connectivity index (χ3v) is 5.18. The van der Waals surface area contributed by atoms with E-state index in [1.807, 2.05) is 54.3 Å². The summed E-state index contributed by atoms with van der Waals surface area (Å²) < 4.78 is 0. The van der Waals surface area contributed by atoms with E-state index in [2.05, 4.69) is 16.7 Å². The van der Waals surface area contributed by atoms with Crippen molar-refractivity contribution in [3.8, 4) is 0 Å². The largest absolute Gasteiger partial charge is 0.338 e. The number of nitrogens with one attached hydrogen (secondary N) is 2. The molecule has 6 heteroatoms. The van der Waals surface area contributed by atoms with E-state index >= 15 is 0 Å². The summed E-state index contributed by atoms with van der Waals surface area (Å²) in [6.07, 6.45) is 0.846. The standard InChI is InChI=1S/C21H24N4O2/c1-2-22-20(26)25-11-10-17-12-15(8-9-19(17)25)13-24-14-18(23-21(24)27)16-6-4-3-5-7-16/h3-9,12,18H,2,10-11,13-14H2,1H3,(H,22,26)(H,23,27)/t18-/m1/s1. The molecule has 27 heavy (non-hydrogen) atoms. The van der Waals surface area contributed by atoms with Crippen molar-refractivity contribution in [3.63, 3.8) is 0 Å². The fourth-order valence-electron chi connectivity index (χ4n) is 3.83. The predicted octanol–water partition coefficient (Wildman–Crippen LogP) is 3.05. The number of carbonyl (C=O) groups excluding carboxylic acids is 2. The number of nitrogens with zero attached hydrogens (tertiary/aromatic N) is 2. The molecule has 2 heterocycles. The van der Waals surface area contributed by atoms with Gasteiger partial charge in [0.25, 0.3) is 0 Å². The Morgan fingerprint density at radius 3 is 2.81 bits per heavy atom. The zero-order valence-electron chi connectivity index (χ0n) is 15.4. The first-order valence-electron chi connectivity index (χ1n) is 9.43. The van der Waals surface area contributed by atoms with E-state index in [1.54, 1.807) is 4.90 Å². The minimum Gasteiger partial charge on any atom is -0.338 e. The van der Waals surface area contributed by atoms with Crippen LogP contribution in [0.2, 0.25) is 0 Å². The van der Waals surface area contributed by atoms with Gasteiger partial charge in [0.05, 0.1) is 6.04 Å². The van der Waals surface area contributed by atoms with Crippen molar-refractivity contribution >= 4 is 17.7 Å². The average Bonchev–Trinajstić information content (AvgIpc) is 3.26. The minimum absolute atomic E-state index is 0.0290. The van der Waals surface area contributed by atoms with Crippen LogP contribution in [0.3, 0.4) is 0 Å². The SMILES string of the molecule is CCNC(=O)N1CCc2cc(CN3C[C@H](c4ccccc4)NC3=O)ccc21. The molecule has 0 unspecified atom stereocenters. The van der Waals surface area contributed by atoms with Crippen LogP contribution in [-0.2, 0) is 13.0 Å². The molecule has 0 aromatic heterocycles. The molecule has 4 rings (SSSR count). The Bertz CT molecular complexity index is 853. The lowest BCUT2D eigenvalue weighted by Crippen LogP contribution is -2.38. The van der Waals surface area contributed by atoms with Gasteiger partial charge in [-0.3, -0.25) is 4.90 Å². The summed E-state index contributed by atoms with van der Waals surface area (Å²) >= 11 is 0. The number of fused-ring (bicyclic) bond motifs is 1. The van der Waals surface area contributed by atoms with Crippen LogP contribution in [0, 0.1) is 0 Å². The van der Waals surface area contributed by atoms with E-state index in [0.717, 1.165) is 28.8 Å². The topological polar surface area (TPSA) is 64.7 Å². The summed E-state index contributed by atoms with van der Waals surface area (Å²) in [6, 6.07) is 16.1. The quantitative estimate of drug-likeness (QED) is 0.876. The Kier molecular flexibility index (Phi) is 4.71. The zero-order chi connectivity index (χ0) is 18.8. The van der Waals surface area contributed by atoms with E-state index in [-0.39, 0.29) is 18.1 Å². The number of anilines is 1. The molecule has 0 saturated carbocycles. The van der Waals surface area contributed by atoms with Gasteiger partial charge in [-0.2, -0.15) is 0 Å². The molecule has 1 atom stereocenters. The first-order valence-corrected chi connectivity index (χ1v) is 9.43. The number of urea groups is 2. The lowest BCUT2D eigenvalue weighted by Gasteiger charge is -2.19. The lowest BCUT2D eigenvalue weighted by molar-refractivity contribution is 0.215. The van der Waals surface area contributed by atoms with Gasteiger partial charge in [-0.15, -0.1) is 0 Å². The molecule has 2 aliphatic rings. The van der Waals surface area contributed by atoms with Gasteiger partial charge in [0.2, 0.25) is 0 Å². The normalized spacial score (nSPS) is 18.4. The number of hydrogen-bond acceptors (Lipinski definition) is 2. The van der Waals surface area contributed by atoms with E-state index in [4.69, 9.17) is 0 Å². The number of rotatable bonds is 4. The smallest absolute Gasteiger partial charge is 0.321 e. The van der Waals surface area contributed by atoms with Crippen LogP contribution >= 0.6 is 0 Å². The van der Waals surface area contributed by atoms with E-state index in [1.165, 1.54) is 0 Å². The molecule has 0 spiro atoms. The van der Waals surface area contributed by atoms with Gasteiger partial charge in [0.1, 0.15) is 0 Å². The fourth-order valence-corrected chi connectivity index (χ4v) is 3.83. The molecule has 2 N–H and O–H groups in total. The third-order valence-electron chi connectivity index (χ3n) is 5.18. The van der Waals surface area contributed by atoms with Gasteiger partial charge >= 0.3 is 12.1 Å². The maximum Gasteiger partial charge on any atom is 0.321 e. The molecule has 4 amide bonds. The molecular weight excluding hydrogens is 340 g/mol. The van der Waals surface area contributed by atoms with Crippen LogP contribution in [0.5, 0.6) is 0 Å². The van der Waals surface area contributed by atoms with Crippen molar-refractivity contribution in [2.24, 2.45) is 0 Å². The molecule has 1 fully saturated rings. The van der Waals surface area contributed by atoms with E-state index in [0.29, 0.717) is 26.2 Å². The summed E-state index contributed by atoms with van der Waals surface area (Å²) in [6.45, 7) is 4.47. The Morgan fingerprint density at radius 1 is 1.22 bits per heavy atom. The molecule has 2 aromatic rings. The number of hydrogen-bond donors (Lipinski definition) is 2. The summed E-state index contributed by atoms with van der Waals surface area (Å²) in [7, 11) is 0. The van der Waals surface area contributed by atoms with Crippen LogP contribution in [0.25, 0.3) is 0 Å². The summed E-state index contributed by atoms with van der Waals surface area (Å²) in [5.41, 5.74) is 4.35. The number of carbonyl (C=O) groups is 2. The molecular formula is C21H24N4O2. The van der Waals surface area contributed by atoms with Gasteiger partial charge in [-0.1, -0.05) is 42.5 Å². The lowest BCUT2D eigenvalue weighted by atomic mass is 10.1. The van der Waals surface area contributed by atoms with Gasteiger partial charge in [0, 0.05) is 31.9 Å². The van der Waals surface area contributed by atoms with Gasteiger partial charge in [0.15, 0.2) is 0 Å². The van der Waals surface area contributed by atoms with Crippen LogP contribution in [0.1, 0.15) is 29.7 Å². The second-order valence-corrected chi connectivity index (χ2v) is 6.99. The van der Waals surface area contributed by atoms with Crippen molar-refractivity contribution in [1.82, 2.24) is 15.5 Å². The fraction of sp³-hybridized carbons (Fsp3) is 0.333. The predicted molar refractivity (Wildman–Crippen MR) is 105 cm³/mol. The van der Waals surface area contributed by atoms with Gasteiger partial charge in [-0.25, -0.2) is 9.59 Å². The van der Waals surface area contributed by atoms with Crippen molar-refractivity contribution in [3.05, 3.63) is 65.2 Å². The first kappa shape index (κ1) is 17.4. The maximum absolute atomic E-state index is 12.4. The molecule has 140 valence electrons. The highest BCUT2D eigenvalue weighted by Crippen LogP contribution is 2.30. The summed E-state index contributed by atoms with van der Waals surface area (Å²) in [5.74, 6) is 0. The highest BCUT2D eigenvalue weighted by molar-refractivity contribution is 5.94. The summed E-state index contributed by atoms with van der Waals surface area (Å²) in [5, 5.41) is 5.91. The highest BCUT2D eigenvalue weighted by Gasteiger charge is 2.30. The van der Waals surface area contributed by atoms with Gasteiger partial charge < -0.3 is 15.5 Å². The second kappa shape index (κ2) is 7.31. The molecule has 0 bridgehead atoms. The second-order valence-electron chi connectivity index (χ2n) is 6.99. The maximum atomic E-state index is 12.4. The molecule has 1 saturated heterocycles. The minimum atomic E-state index is -0.0476. The van der Waals surface area contributed by atoms with E-state index in [9.17, 15) is 9.59 Å². The molecule has 2 aliphatic heterocycles. The van der Waals surface area contributed by atoms with E-state index < -0.39 is 0 Å². The molecule has 2 aromatic carbocycles. The van der Waals surface area contributed by atoms with Crippen LogP contribution < -0.4 is 15.5 Å². The van der Waals surface area contributed by atoms with Crippen LogP contribution in [-0.4, -0.2) is 36.6 Å². The van der Waals surface area contributed by atoms with Crippen molar-refractivity contribution in [1.29, 1.82) is 0 Å². The number of benzene rings is 2. The summed E-state index contributed by atoms with van der Waals surface area (Å²) in [4.78, 5) is 28.1. The molecule has 0 aliphatic carbocycles. The van der Waals surface area contributed by atoms with Crippen molar-refractivity contribution in [2.45, 2.75) is 25.9 Å². The Balaban J connectivity index is 1.45. The van der Waals surface area contributed by atoms with Crippen LogP contribution in [0.15, 0.2) is 48.5 Å². The Hall–Kier alpha value is -3.02. The molecule has 6 nitrogen and oxygen atoms in total. The highest BCUT2D eigenvalue weighted by atomic mass is 16.2. The Labute approximate surface area is 159 Å². The van der Waals surface area contributed by atoms with Crippen LogP contribution in [0.4, 0.5) is 15.3 Å². The average molecular weight is 364 g/mol. The van der Waals surface area contributed by atoms with Crippen molar-refractivity contribution in [2.75, 3.05) is 24.5 Å². The first-order chi connectivity index (χ1) is 13.2. The Morgan fingerprint density at radius 2 is 2.04 bits per heavy atom. The third kappa shape index (κ3) is 3.47. The zero-order valence-corrected chi connectivity index (χ0v) is 15.4.